The average molecular weight is 945 g/mol. The number of benzene rings is 2. The van der Waals surface area contributed by atoms with Gasteiger partial charge in [-0.1, -0.05) is 42.3 Å². The Labute approximate surface area is 401 Å². The molecule has 2 aliphatic rings. The SMILES string of the molecule is CC#CCn1c(N2CCC[C@@H](N/C(C)=C/Cn3c(N4CCC[C@@H](N)C4)nc4c3c(=O)n(Cc3nc(C)c5ccccc5n3)c(=O)n4C)C2)nc2c1c(=O)n(Cc1nc(C)c3ccccc3n1)c(=O)n2C. The molecule has 0 bridgehead atoms. The van der Waals surface area contributed by atoms with Gasteiger partial charge in [0.25, 0.3) is 11.1 Å². The molecular weight excluding hydrogens is 889 g/mol. The lowest BCUT2D eigenvalue weighted by Gasteiger charge is -2.34. The molecule has 10 rings (SSSR count). The molecule has 2 atom stereocenters. The summed E-state index contributed by atoms with van der Waals surface area (Å²) < 4.78 is 8.89. The Morgan fingerprint density at radius 1 is 0.700 bits per heavy atom. The maximum absolute atomic E-state index is 14.6. The van der Waals surface area contributed by atoms with Crippen molar-refractivity contribution in [3.63, 3.8) is 0 Å². The molecule has 8 aromatic rings. The van der Waals surface area contributed by atoms with Crippen LogP contribution in [0.15, 0.2) is 79.5 Å². The van der Waals surface area contributed by atoms with Crippen LogP contribution in [0.3, 0.4) is 0 Å². The first-order valence-electron chi connectivity index (χ1n) is 23.7. The topological polar surface area (TPSA) is 220 Å². The lowest BCUT2D eigenvalue weighted by atomic mass is 10.1. The summed E-state index contributed by atoms with van der Waals surface area (Å²) in [6.45, 7) is 10.3. The predicted molar refractivity (Wildman–Crippen MR) is 270 cm³/mol. The molecule has 0 aliphatic carbocycles. The Morgan fingerprint density at radius 3 is 1.77 bits per heavy atom. The summed E-state index contributed by atoms with van der Waals surface area (Å²) in [6.07, 6.45) is 5.47. The van der Waals surface area contributed by atoms with Crippen LogP contribution >= 0.6 is 0 Å². The minimum Gasteiger partial charge on any atom is -0.384 e. The van der Waals surface area contributed by atoms with Gasteiger partial charge in [-0.05, 0) is 71.6 Å². The number of nitrogens with one attached hydrogen (secondary N) is 1. The Balaban J connectivity index is 0.955. The molecular formula is C50H56N16O4. The zero-order valence-electron chi connectivity index (χ0n) is 40.3. The van der Waals surface area contributed by atoms with Gasteiger partial charge in [0.2, 0.25) is 11.9 Å². The quantitative estimate of drug-likeness (QED) is 0.178. The second-order valence-corrected chi connectivity index (χ2v) is 18.4. The third-order valence-electron chi connectivity index (χ3n) is 13.6. The molecule has 70 heavy (non-hydrogen) atoms. The molecule has 6 aromatic heterocycles. The molecule has 3 N–H and O–H groups in total. The van der Waals surface area contributed by atoms with Crippen molar-refractivity contribution in [2.24, 2.45) is 19.8 Å². The number of aromatic nitrogens is 12. The molecule has 2 fully saturated rings. The number of aryl methyl sites for hydroxylation is 4. The summed E-state index contributed by atoms with van der Waals surface area (Å²) in [4.78, 5) is 89.8. The van der Waals surface area contributed by atoms with Crippen molar-refractivity contribution in [1.29, 1.82) is 0 Å². The molecule has 0 saturated carbocycles. The Morgan fingerprint density at radius 2 is 1.21 bits per heavy atom. The molecule has 20 nitrogen and oxygen atoms in total. The van der Waals surface area contributed by atoms with Crippen LogP contribution in [0.25, 0.3) is 44.1 Å². The number of allylic oxidation sites excluding steroid dienone is 2. The van der Waals surface area contributed by atoms with Gasteiger partial charge in [0, 0.05) is 86.8 Å². The second kappa shape index (κ2) is 18.5. The Hall–Kier alpha value is -7.92. The summed E-state index contributed by atoms with van der Waals surface area (Å²) in [6, 6.07) is 15.2. The summed E-state index contributed by atoms with van der Waals surface area (Å²) >= 11 is 0. The summed E-state index contributed by atoms with van der Waals surface area (Å²) in [5.41, 5.74) is 9.47. The van der Waals surface area contributed by atoms with Crippen LogP contribution in [0, 0.1) is 25.7 Å². The van der Waals surface area contributed by atoms with E-state index in [2.05, 4.69) is 41.9 Å². The van der Waals surface area contributed by atoms with Crippen molar-refractivity contribution in [2.75, 3.05) is 36.0 Å². The molecule has 2 aliphatic heterocycles. The number of para-hydroxylation sites is 2. The third-order valence-corrected chi connectivity index (χ3v) is 13.6. The van der Waals surface area contributed by atoms with E-state index in [-0.39, 0.29) is 55.1 Å². The zero-order valence-corrected chi connectivity index (χ0v) is 40.3. The highest BCUT2D eigenvalue weighted by Crippen LogP contribution is 2.26. The first-order chi connectivity index (χ1) is 33.8. The smallest absolute Gasteiger partial charge is 0.332 e. The van der Waals surface area contributed by atoms with E-state index in [1.165, 1.54) is 18.3 Å². The minimum absolute atomic E-state index is 0.0214. The fourth-order valence-electron chi connectivity index (χ4n) is 10.1. The van der Waals surface area contributed by atoms with Gasteiger partial charge >= 0.3 is 11.4 Å². The first-order valence-corrected chi connectivity index (χ1v) is 23.7. The van der Waals surface area contributed by atoms with Crippen molar-refractivity contribution >= 4 is 56.0 Å². The van der Waals surface area contributed by atoms with Gasteiger partial charge in [-0.25, -0.2) is 29.5 Å². The van der Waals surface area contributed by atoms with Crippen LogP contribution in [-0.2, 0) is 40.3 Å². The van der Waals surface area contributed by atoms with E-state index in [1.807, 2.05) is 84.5 Å². The van der Waals surface area contributed by atoms with Gasteiger partial charge < -0.3 is 25.4 Å². The highest BCUT2D eigenvalue weighted by Gasteiger charge is 2.29. The maximum atomic E-state index is 14.6. The Bertz CT molecular complexity index is 3730. The monoisotopic (exact) mass is 944 g/mol. The number of rotatable bonds is 11. The first kappa shape index (κ1) is 45.8. The van der Waals surface area contributed by atoms with Gasteiger partial charge in [-0.3, -0.25) is 32.4 Å². The number of fused-ring (bicyclic) bond motifs is 4. The molecule has 2 saturated heterocycles. The normalized spacial score (nSPS) is 16.7. The number of nitrogens with two attached hydrogens (primary N) is 1. The van der Waals surface area contributed by atoms with E-state index >= 15 is 0 Å². The molecule has 0 spiro atoms. The molecule has 0 amide bonds. The zero-order chi connectivity index (χ0) is 49.0. The summed E-state index contributed by atoms with van der Waals surface area (Å²) in [5.74, 6) is 7.93. The summed E-state index contributed by atoms with van der Waals surface area (Å²) in [5, 5.41) is 5.52. The molecule has 360 valence electrons. The fourth-order valence-corrected chi connectivity index (χ4v) is 10.1. The highest BCUT2D eigenvalue weighted by molar-refractivity contribution is 5.81. The average Bonchev–Trinajstić information content (AvgIpc) is 3.94. The van der Waals surface area contributed by atoms with E-state index in [0.717, 1.165) is 64.6 Å². The molecule has 2 aromatic carbocycles. The Kier molecular flexibility index (Phi) is 12.1. The number of piperidine rings is 2. The van der Waals surface area contributed by atoms with Crippen LogP contribution < -0.4 is 43.3 Å². The van der Waals surface area contributed by atoms with Crippen LogP contribution in [0.4, 0.5) is 11.9 Å². The van der Waals surface area contributed by atoms with Gasteiger partial charge in [-0.2, -0.15) is 9.97 Å². The van der Waals surface area contributed by atoms with Crippen LogP contribution in [0.2, 0.25) is 0 Å². The van der Waals surface area contributed by atoms with Crippen molar-refractivity contribution < 1.29 is 0 Å². The lowest BCUT2D eigenvalue weighted by molar-refractivity contribution is 0.444. The maximum Gasteiger partial charge on any atom is 0.332 e. The van der Waals surface area contributed by atoms with E-state index in [9.17, 15) is 19.2 Å². The van der Waals surface area contributed by atoms with Crippen molar-refractivity contribution in [3.8, 4) is 11.8 Å². The van der Waals surface area contributed by atoms with Crippen LogP contribution in [0.5, 0.6) is 0 Å². The largest absolute Gasteiger partial charge is 0.384 e. The molecule has 0 radical (unpaired) electrons. The third kappa shape index (κ3) is 8.29. The van der Waals surface area contributed by atoms with Gasteiger partial charge in [-0.15, -0.1) is 5.92 Å². The molecule has 8 heterocycles. The number of hydrogen-bond acceptors (Lipinski definition) is 14. The number of anilines is 2. The fraction of sp³-hybridized carbons (Fsp3) is 0.400. The van der Waals surface area contributed by atoms with E-state index in [1.54, 1.807) is 21.0 Å². The number of imidazole rings is 2. The van der Waals surface area contributed by atoms with Crippen molar-refractivity contribution in [1.82, 2.24) is 62.6 Å². The van der Waals surface area contributed by atoms with Gasteiger partial charge in [0.05, 0.1) is 30.7 Å². The van der Waals surface area contributed by atoms with Crippen molar-refractivity contribution in [2.45, 2.75) is 91.6 Å². The number of hydrogen-bond donors (Lipinski definition) is 2. The van der Waals surface area contributed by atoms with Crippen LogP contribution in [-0.4, -0.2) is 95.6 Å². The lowest BCUT2D eigenvalue weighted by Crippen LogP contribution is -2.46. The minimum atomic E-state index is -0.518. The van der Waals surface area contributed by atoms with E-state index in [4.69, 9.17) is 20.7 Å². The van der Waals surface area contributed by atoms with Gasteiger partial charge in [0.15, 0.2) is 22.3 Å². The molecule has 20 heteroatoms. The van der Waals surface area contributed by atoms with Crippen LogP contribution in [0.1, 0.15) is 62.6 Å². The van der Waals surface area contributed by atoms with E-state index in [0.29, 0.717) is 55.2 Å². The summed E-state index contributed by atoms with van der Waals surface area (Å²) in [7, 11) is 3.26. The molecule has 0 unspecified atom stereocenters. The number of nitrogens with zero attached hydrogens (tertiary/aromatic N) is 14. The van der Waals surface area contributed by atoms with Crippen molar-refractivity contribution in [3.05, 3.63) is 125 Å². The predicted octanol–water partition coefficient (Wildman–Crippen LogP) is 2.82. The second-order valence-electron chi connectivity index (χ2n) is 18.4. The standard InChI is InChI=1S/C50H56N16O4/c1-7-8-24-63-41-43(59(5)49(69)65(45(41)67)28-39-53-31(3)35-17-9-11-19-37(35)55-39)58-48(63)62-23-14-16-34(27-62)52-30(2)21-25-64-42-44(57-47(64)61-22-13-15-33(51)26-61)60(6)50(70)66(46(42)68)29-40-54-32(4)36-18-10-12-20-38(36)56-40/h9-12,17-21,33-34,52H,13-16,22-29,51H2,1-6H3/b30-21+/t33-,34-/m1/s1. The van der Waals surface area contributed by atoms with Gasteiger partial charge in [0.1, 0.15) is 11.6 Å². The van der Waals surface area contributed by atoms with E-state index < -0.39 is 22.5 Å². The highest BCUT2D eigenvalue weighted by atomic mass is 16.2.